The van der Waals surface area contributed by atoms with Crippen LogP contribution in [0.2, 0.25) is 0 Å². The van der Waals surface area contributed by atoms with Crippen molar-refractivity contribution in [2.24, 2.45) is 0 Å². The molecule has 33 heavy (non-hydrogen) atoms. The Labute approximate surface area is 194 Å². The number of carbonyl (C=O) groups is 1. The Morgan fingerprint density at radius 1 is 0.909 bits per heavy atom. The van der Waals surface area contributed by atoms with Crippen LogP contribution in [-0.2, 0) is 0 Å². The molecule has 0 aliphatic carbocycles. The molecule has 0 fully saturated rings. The normalized spacial score (nSPS) is 10.8. The van der Waals surface area contributed by atoms with Gasteiger partial charge in [0.1, 0.15) is 5.69 Å². The van der Waals surface area contributed by atoms with Crippen LogP contribution in [-0.4, -0.2) is 20.9 Å². The highest BCUT2D eigenvalue weighted by atomic mass is 32.1. The molecule has 7 nitrogen and oxygen atoms in total. The van der Waals surface area contributed by atoms with Crippen molar-refractivity contribution in [3.05, 3.63) is 96.0 Å². The van der Waals surface area contributed by atoms with Crippen LogP contribution >= 0.6 is 11.3 Å². The summed E-state index contributed by atoms with van der Waals surface area (Å²) < 4.78 is 1.66. The molecule has 0 atom stereocenters. The van der Waals surface area contributed by atoms with E-state index >= 15 is 0 Å². The zero-order valence-corrected chi connectivity index (χ0v) is 18.3. The number of aromatic nitrogens is 3. The van der Waals surface area contributed by atoms with E-state index in [1.54, 1.807) is 46.4 Å². The zero-order valence-electron chi connectivity index (χ0n) is 17.5. The molecule has 0 spiro atoms. The van der Waals surface area contributed by atoms with Crippen LogP contribution in [0.3, 0.4) is 0 Å². The third-order valence-electron chi connectivity index (χ3n) is 5.18. The van der Waals surface area contributed by atoms with Crippen molar-refractivity contribution in [1.29, 1.82) is 0 Å². The van der Waals surface area contributed by atoms with Gasteiger partial charge in [0.05, 0.1) is 23.3 Å². The standard InChI is InChI=1S/C25H20N6OS/c26-19-7-9-20(10-8-19)31-15-23(29-30-31)16-3-1-4-18(13-16)25(32)28-22-14-17(6-11-21(22)27)24-5-2-12-33-24/h1-15H,26-27H2,(H,28,32). The molecule has 5 rings (SSSR count). The fourth-order valence-corrected chi connectivity index (χ4v) is 4.15. The van der Waals surface area contributed by atoms with Gasteiger partial charge >= 0.3 is 0 Å². The number of amides is 1. The SMILES string of the molecule is Nc1ccc(-n2cc(-c3cccc(C(=O)Nc4cc(-c5cccs5)ccc4N)c3)nn2)cc1. The lowest BCUT2D eigenvalue weighted by atomic mass is 10.1. The number of hydrogen-bond acceptors (Lipinski definition) is 6. The molecule has 5 N–H and O–H groups in total. The van der Waals surface area contributed by atoms with Crippen molar-refractivity contribution in [3.63, 3.8) is 0 Å². The molecule has 0 saturated carbocycles. The average molecular weight is 453 g/mol. The van der Waals surface area contributed by atoms with Crippen LogP contribution in [0.4, 0.5) is 17.1 Å². The van der Waals surface area contributed by atoms with Crippen molar-refractivity contribution >= 4 is 34.3 Å². The quantitative estimate of drug-likeness (QED) is 0.322. The first-order chi connectivity index (χ1) is 16.1. The molecule has 0 bridgehead atoms. The van der Waals surface area contributed by atoms with Crippen LogP contribution < -0.4 is 16.8 Å². The lowest BCUT2D eigenvalue weighted by molar-refractivity contribution is 0.102. The van der Waals surface area contributed by atoms with Gasteiger partial charge in [0.25, 0.3) is 5.91 Å². The van der Waals surface area contributed by atoms with E-state index in [-0.39, 0.29) is 5.91 Å². The molecule has 0 aliphatic rings. The Hall–Kier alpha value is -4.43. The van der Waals surface area contributed by atoms with Crippen molar-refractivity contribution < 1.29 is 4.79 Å². The summed E-state index contributed by atoms with van der Waals surface area (Å²) in [5.41, 5.74) is 17.4. The number of rotatable bonds is 5. The summed E-state index contributed by atoms with van der Waals surface area (Å²) in [5.74, 6) is -0.252. The Morgan fingerprint density at radius 3 is 2.55 bits per heavy atom. The van der Waals surface area contributed by atoms with Crippen LogP contribution in [0.5, 0.6) is 0 Å². The van der Waals surface area contributed by atoms with Gasteiger partial charge in [-0.2, -0.15) is 0 Å². The number of hydrogen-bond donors (Lipinski definition) is 3. The Bertz CT molecular complexity index is 1420. The van der Waals surface area contributed by atoms with Gasteiger partial charge in [-0.3, -0.25) is 4.79 Å². The zero-order chi connectivity index (χ0) is 22.8. The third-order valence-corrected chi connectivity index (χ3v) is 6.10. The largest absolute Gasteiger partial charge is 0.399 e. The minimum absolute atomic E-state index is 0.252. The molecule has 0 radical (unpaired) electrons. The molecule has 162 valence electrons. The molecule has 5 aromatic rings. The molecule has 0 saturated heterocycles. The summed E-state index contributed by atoms with van der Waals surface area (Å²) in [6.45, 7) is 0. The van der Waals surface area contributed by atoms with Gasteiger partial charge in [0.2, 0.25) is 0 Å². The summed E-state index contributed by atoms with van der Waals surface area (Å²) in [6, 6.07) is 24.2. The molecule has 3 aromatic carbocycles. The number of anilines is 3. The highest BCUT2D eigenvalue weighted by Crippen LogP contribution is 2.30. The smallest absolute Gasteiger partial charge is 0.255 e. The number of thiophene rings is 1. The molecule has 8 heteroatoms. The fraction of sp³-hybridized carbons (Fsp3) is 0. The summed E-state index contributed by atoms with van der Waals surface area (Å²) >= 11 is 1.63. The molecular formula is C25H20N6OS. The summed E-state index contributed by atoms with van der Waals surface area (Å²) in [6.07, 6.45) is 1.81. The van der Waals surface area contributed by atoms with E-state index < -0.39 is 0 Å². The van der Waals surface area contributed by atoms with E-state index in [1.807, 2.05) is 60.1 Å². The highest BCUT2D eigenvalue weighted by molar-refractivity contribution is 7.13. The van der Waals surface area contributed by atoms with Crippen molar-refractivity contribution in [3.8, 4) is 27.4 Å². The van der Waals surface area contributed by atoms with Crippen LogP contribution in [0.1, 0.15) is 10.4 Å². The minimum Gasteiger partial charge on any atom is -0.399 e. The average Bonchev–Trinajstić information content (AvgIpc) is 3.54. The van der Waals surface area contributed by atoms with Gasteiger partial charge in [0.15, 0.2) is 0 Å². The maximum Gasteiger partial charge on any atom is 0.255 e. The van der Waals surface area contributed by atoms with Crippen LogP contribution in [0.25, 0.3) is 27.4 Å². The predicted molar refractivity (Wildman–Crippen MR) is 133 cm³/mol. The highest BCUT2D eigenvalue weighted by Gasteiger charge is 2.12. The number of benzene rings is 3. The van der Waals surface area contributed by atoms with E-state index in [0.29, 0.717) is 28.3 Å². The molecule has 2 heterocycles. The Morgan fingerprint density at radius 2 is 1.76 bits per heavy atom. The van der Waals surface area contributed by atoms with Gasteiger partial charge in [-0.15, -0.1) is 16.4 Å². The molecule has 2 aromatic heterocycles. The maximum absolute atomic E-state index is 13.0. The topological polar surface area (TPSA) is 112 Å². The van der Waals surface area contributed by atoms with Crippen molar-refractivity contribution in [1.82, 2.24) is 15.0 Å². The number of nitrogens with one attached hydrogen (secondary N) is 1. The lowest BCUT2D eigenvalue weighted by Gasteiger charge is -2.10. The van der Waals surface area contributed by atoms with Gasteiger partial charge < -0.3 is 16.8 Å². The minimum atomic E-state index is -0.252. The molecule has 0 aliphatic heterocycles. The fourth-order valence-electron chi connectivity index (χ4n) is 3.42. The van der Waals surface area contributed by atoms with Gasteiger partial charge in [0, 0.05) is 21.7 Å². The Balaban J connectivity index is 1.38. The third kappa shape index (κ3) is 4.32. The van der Waals surface area contributed by atoms with Crippen molar-refractivity contribution in [2.45, 2.75) is 0 Å². The van der Waals surface area contributed by atoms with E-state index in [0.717, 1.165) is 21.7 Å². The van der Waals surface area contributed by atoms with Crippen molar-refractivity contribution in [2.75, 3.05) is 16.8 Å². The van der Waals surface area contributed by atoms with Gasteiger partial charge in [-0.25, -0.2) is 4.68 Å². The second-order valence-electron chi connectivity index (χ2n) is 7.45. The number of nitrogen functional groups attached to an aromatic ring is 2. The number of nitrogens with two attached hydrogens (primary N) is 2. The van der Waals surface area contributed by atoms with Gasteiger partial charge in [-0.05, 0) is 65.5 Å². The monoisotopic (exact) mass is 452 g/mol. The number of carbonyl (C=O) groups excluding carboxylic acids is 1. The molecule has 0 unspecified atom stereocenters. The number of nitrogens with zero attached hydrogens (tertiary/aromatic N) is 3. The van der Waals surface area contributed by atoms with E-state index in [9.17, 15) is 4.79 Å². The molecular weight excluding hydrogens is 432 g/mol. The summed E-state index contributed by atoms with van der Waals surface area (Å²) in [7, 11) is 0. The summed E-state index contributed by atoms with van der Waals surface area (Å²) in [5, 5.41) is 13.4. The lowest BCUT2D eigenvalue weighted by Crippen LogP contribution is -2.13. The van der Waals surface area contributed by atoms with Crippen LogP contribution in [0.15, 0.2) is 90.4 Å². The first-order valence-corrected chi connectivity index (χ1v) is 11.1. The maximum atomic E-state index is 13.0. The molecule has 1 amide bonds. The second-order valence-corrected chi connectivity index (χ2v) is 8.40. The predicted octanol–water partition coefficient (Wildman–Crippen LogP) is 5.08. The van der Waals surface area contributed by atoms with E-state index in [1.165, 1.54) is 0 Å². The first-order valence-electron chi connectivity index (χ1n) is 10.2. The summed E-state index contributed by atoms with van der Waals surface area (Å²) in [4.78, 5) is 14.1. The van der Waals surface area contributed by atoms with E-state index in [4.69, 9.17) is 11.5 Å². The van der Waals surface area contributed by atoms with Gasteiger partial charge in [-0.1, -0.05) is 29.5 Å². The van der Waals surface area contributed by atoms with Crippen LogP contribution in [0, 0.1) is 0 Å². The van der Waals surface area contributed by atoms with E-state index in [2.05, 4.69) is 15.6 Å². The Kier molecular flexibility index (Phi) is 5.34. The second kappa shape index (κ2) is 8.60. The first kappa shape index (κ1) is 20.5.